The molecule has 0 rings (SSSR count). The molecule has 0 aromatic heterocycles. The second-order valence-corrected chi connectivity index (χ2v) is 3.52. The topological polar surface area (TPSA) is 57.5 Å². The molecule has 0 aliphatic heterocycles. The minimum absolute atomic E-state index is 0. The maximum absolute atomic E-state index is 10.1. The zero-order chi connectivity index (χ0) is 6.62. The van der Waals surface area contributed by atoms with E-state index in [1.165, 1.54) is 0 Å². The van der Waals surface area contributed by atoms with Crippen molar-refractivity contribution in [1.82, 2.24) is 0 Å². The Morgan fingerprint density at radius 3 is 2.00 bits per heavy atom. The van der Waals surface area contributed by atoms with Gasteiger partial charge in [0.05, 0.1) is 0 Å². The van der Waals surface area contributed by atoms with Crippen LogP contribution in [0.2, 0.25) is 0 Å². The van der Waals surface area contributed by atoms with Crippen LogP contribution in [0.25, 0.3) is 0 Å². The van der Waals surface area contributed by atoms with Crippen molar-refractivity contribution in [3.8, 4) is 0 Å². The van der Waals surface area contributed by atoms with Gasteiger partial charge in [0, 0.05) is 23.2 Å². The Morgan fingerprint density at radius 1 is 1.44 bits per heavy atom. The average Bonchev–Trinajstić information content (AvgIpc) is 1.59. The first-order valence-electron chi connectivity index (χ1n) is 2.61. The van der Waals surface area contributed by atoms with Gasteiger partial charge in [0.1, 0.15) is 0 Å². The molecule has 0 aromatic carbocycles. The summed E-state index contributed by atoms with van der Waals surface area (Å²) in [5, 5.41) is 0. The van der Waals surface area contributed by atoms with Crippen molar-refractivity contribution < 1.29 is 31.4 Å². The van der Waals surface area contributed by atoms with Gasteiger partial charge in [0.15, 0.2) is 0 Å². The summed E-state index contributed by atoms with van der Waals surface area (Å²) < 4.78 is 10.1. The first-order chi connectivity index (χ1) is 3.56. The van der Waals surface area contributed by atoms with E-state index >= 15 is 0 Å². The Labute approximate surface area is 65.5 Å². The molecule has 0 aliphatic carbocycles. The Morgan fingerprint density at radius 2 is 1.89 bits per heavy atom. The summed E-state index contributed by atoms with van der Waals surface area (Å²) in [7, 11) is -3.68. The van der Waals surface area contributed by atoms with E-state index in [4.69, 9.17) is 9.79 Å². The molecular formula is C4H11CuO3P. The summed E-state index contributed by atoms with van der Waals surface area (Å²) >= 11 is 0. The maximum Gasteiger partial charge on any atom is 0.325 e. The molecule has 0 amide bonds. The Kier molecular flexibility index (Phi) is 7.49. The van der Waals surface area contributed by atoms with E-state index in [-0.39, 0.29) is 23.2 Å². The summed E-state index contributed by atoms with van der Waals surface area (Å²) in [5.74, 6) is 0. The minimum Gasteiger partial charge on any atom is -0.324 e. The van der Waals surface area contributed by atoms with Crippen LogP contribution in [0, 0.1) is 0 Å². The Balaban J connectivity index is 0. The molecule has 0 atom stereocenters. The van der Waals surface area contributed by atoms with Crippen molar-refractivity contribution in [2.45, 2.75) is 19.8 Å². The fourth-order valence-electron chi connectivity index (χ4n) is 0.364. The molecule has 9 heavy (non-hydrogen) atoms. The van der Waals surface area contributed by atoms with Crippen molar-refractivity contribution in [2.24, 2.45) is 0 Å². The predicted molar refractivity (Wildman–Crippen MR) is 31.8 cm³/mol. The summed E-state index contributed by atoms with van der Waals surface area (Å²) in [6.07, 6.45) is 1.49. The molecule has 0 bridgehead atoms. The van der Waals surface area contributed by atoms with Crippen molar-refractivity contribution >= 4 is 7.60 Å². The number of unbranched alkanes of at least 4 members (excludes halogenated alkanes) is 1. The van der Waals surface area contributed by atoms with E-state index in [2.05, 4.69) is 0 Å². The van der Waals surface area contributed by atoms with E-state index < -0.39 is 7.60 Å². The quantitative estimate of drug-likeness (QED) is 0.528. The van der Waals surface area contributed by atoms with E-state index in [1.54, 1.807) is 0 Å². The van der Waals surface area contributed by atoms with E-state index in [0.29, 0.717) is 6.42 Å². The molecule has 5 heteroatoms. The van der Waals surface area contributed by atoms with Crippen molar-refractivity contribution in [1.29, 1.82) is 0 Å². The van der Waals surface area contributed by atoms with Crippen LogP contribution in [0.5, 0.6) is 0 Å². The molecule has 0 aliphatic rings. The molecule has 0 saturated carbocycles. The van der Waals surface area contributed by atoms with Crippen molar-refractivity contribution in [3.05, 3.63) is 0 Å². The predicted octanol–water partition coefficient (Wildman–Crippen LogP) is 0.962. The molecule has 0 saturated heterocycles. The minimum atomic E-state index is -3.68. The number of hydrogen-bond donors (Lipinski definition) is 2. The molecule has 0 unspecified atom stereocenters. The van der Waals surface area contributed by atoms with Crippen LogP contribution in [0.4, 0.5) is 0 Å². The van der Waals surface area contributed by atoms with Crippen LogP contribution in [0.15, 0.2) is 0 Å². The first-order valence-corrected chi connectivity index (χ1v) is 4.40. The van der Waals surface area contributed by atoms with Crippen LogP contribution in [0.1, 0.15) is 19.8 Å². The molecule has 3 nitrogen and oxygen atoms in total. The van der Waals surface area contributed by atoms with E-state index in [0.717, 1.165) is 6.42 Å². The van der Waals surface area contributed by atoms with Gasteiger partial charge in [-0.05, 0) is 6.42 Å². The zero-order valence-electron chi connectivity index (χ0n) is 5.17. The zero-order valence-corrected chi connectivity index (χ0v) is 7.01. The monoisotopic (exact) mass is 201 g/mol. The molecule has 0 fully saturated rings. The average molecular weight is 202 g/mol. The standard InChI is InChI=1S/C4H11O3P.Cu/c1-2-3-4-8(5,6)7;/h2-4H2,1H3,(H2,5,6,7);. The molecule has 1 radical (unpaired) electrons. The molecule has 0 heterocycles. The Hall–Kier alpha value is 0.669. The van der Waals surface area contributed by atoms with Gasteiger partial charge >= 0.3 is 7.60 Å². The van der Waals surface area contributed by atoms with Crippen LogP contribution in [-0.2, 0) is 21.6 Å². The van der Waals surface area contributed by atoms with Crippen LogP contribution >= 0.6 is 7.60 Å². The summed E-state index contributed by atoms with van der Waals surface area (Å²) in [6.45, 7) is 1.90. The van der Waals surface area contributed by atoms with E-state index in [1.807, 2.05) is 6.92 Å². The second-order valence-electron chi connectivity index (χ2n) is 1.74. The molecule has 2 N–H and O–H groups in total. The number of hydrogen-bond acceptors (Lipinski definition) is 1. The third kappa shape index (κ3) is 12.0. The van der Waals surface area contributed by atoms with Gasteiger partial charge in [-0.2, -0.15) is 0 Å². The normalized spacial score (nSPS) is 10.6. The fourth-order valence-corrected chi connectivity index (χ4v) is 1.09. The van der Waals surface area contributed by atoms with Gasteiger partial charge in [-0.25, -0.2) is 0 Å². The molecule has 0 spiro atoms. The third-order valence-electron chi connectivity index (χ3n) is 0.803. The van der Waals surface area contributed by atoms with Gasteiger partial charge in [-0.15, -0.1) is 0 Å². The van der Waals surface area contributed by atoms with Crippen LogP contribution in [0.3, 0.4) is 0 Å². The SMILES string of the molecule is CCCCP(=O)(O)O.[Cu]. The maximum atomic E-state index is 10.1. The van der Waals surface area contributed by atoms with Crippen LogP contribution < -0.4 is 0 Å². The number of rotatable bonds is 3. The van der Waals surface area contributed by atoms with Gasteiger partial charge in [-0.1, -0.05) is 13.3 Å². The molecule has 0 aromatic rings. The van der Waals surface area contributed by atoms with Gasteiger partial charge in [-0.3, -0.25) is 4.57 Å². The summed E-state index contributed by atoms with van der Waals surface area (Å²) in [5.41, 5.74) is 0. The second kappa shape index (κ2) is 5.45. The molecule has 61 valence electrons. The summed E-state index contributed by atoms with van der Waals surface area (Å²) in [6, 6.07) is 0. The van der Waals surface area contributed by atoms with Gasteiger partial charge < -0.3 is 9.79 Å². The fraction of sp³-hybridized carbons (Fsp3) is 1.00. The molecular weight excluding hydrogens is 191 g/mol. The summed E-state index contributed by atoms with van der Waals surface area (Å²) in [4.78, 5) is 16.5. The van der Waals surface area contributed by atoms with Crippen molar-refractivity contribution in [3.63, 3.8) is 0 Å². The first kappa shape index (κ1) is 12.4. The largest absolute Gasteiger partial charge is 0.325 e. The van der Waals surface area contributed by atoms with Gasteiger partial charge in [0.2, 0.25) is 0 Å². The van der Waals surface area contributed by atoms with Crippen LogP contribution in [-0.4, -0.2) is 15.9 Å². The smallest absolute Gasteiger partial charge is 0.324 e. The van der Waals surface area contributed by atoms with Crippen molar-refractivity contribution in [2.75, 3.05) is 6.16 Å². The van der Waals surface area contributed by atoms with E-state index in [9.17, 15) is 4.57 Å². The third-order valence-corrected chi connectivity index (χ3v) is 1.70. The van der Waals surface area contributed by atoms with Gasteiger partial charge in [0.25, 0.3) is 0 Å². The Bertz CT molecular complexity index is 100.0.